The molecule has 0 bridgehead atoms. The van der Waals surface area contributed by atoms with Crippen molar-refractivity contribution in [2.24, 2.45) is 10.2 Å². The molecule has 0 saturated carbocycles. The smallest absolute Gasteiger partial charge is 0.434 e. The van der Waals surface area contributed by atoms with Gasteiger partial charge in [0.05, 0.1) is 30.2 Å². The number of alkyl halides is 6. The molecule has 3 aromatic heterocycles. The van der Waals surface area contributed by atoms with Crippen molar-refractivity contribution in [1.29, 1.82) is 0 Å². The van der Waals surface area contributed by atoms with Crippen molar-refractivity contribution < 1.29 is 35.9 Å². The van der Waals surface area contributed by atoms with Gasteiger partial charge in [0.1, 0.15) is 5.69 Å². The number of halogens is 6. The standard InChI is InChI=1S/C21H12F6N6O2/c1-35-19-13-3-2-4-15(12(13)6-8-29-19)33-17(21(25,26)27)14(10-30-33)18(34)32-31-11-5-7-28-16(9-11)20(22,23)24/h2-10H,1H3/b32-31+. The number of rotatable bonds is 4. The Hall–Kier alpha value is -4.36. The lowest BCUT2D eigenvalue weighted by atomic mass is 10.1. The molecule has 35 heavy (non-hydrogen) atoms. The molecule has 8 nitrogen and oxygen atoms in total. The highest BCUT2D eigenvalue weighted by atomic mass is 19.4. The largest absolute Gasteiger partial charge is 0.481 e. The van der Waals surface area contributed by atoms with Crippen LogP contribution in [0.2, 0.25) is 0 Å². The van der Waals surface area contributed by atoms with Crippen LogP contribution in [0, 0.1) is 0 Å². The summed E-state index contributed by atoms with van der Waals surface area (Å²) in [5.74, 6) is -1.28. The molecule has 0 aliphatic carbocycles. The van der Waals surface area contributed by atoms with Crippen molar-refractivity contribution >= 4 is 22.4 Å². The van der Waals surface area contributed by atoms with E-state index < -0.39 is 40.9 Å². The van der Waals surface area contributed by atoms with Crippen molar-refractivity contribution in [3.05, 3.63) is 71.9 Å². The molecular formula is C21H12F6N6O2. The molecule has 0 spiro atoms. The predicted molar refractivity (Wildman–Crippen MR) is 109 cm³/mol. The van der Waals surface area contributed by atoms with E-state index >= 15 is 0 Å². The minimum Gasteiger partial charge on any atom is -0.481 e. The van der Waals surface area contributed by atoms with E-state index in [4.69, 9.17) is 4.74 Å². The van der Waals surface area contributed by atoms with Crippen LogP contribution in [0.3, 0.4) is 0 Å². The highest BCUT2D eigenvalue weighted by molar-refractivity contribution is 5.97. The number of carbonyl (C=O) groups is 1. The fourth-order valence-corrected chi connectivity index (χ4v) is 3.27. The van der Waals surface area contributed by atoms with Crippen LogP contribution in [0.5, 0.6) is 5.88 Å². The number of fused-ring (bicyclic) bond motifs is 1. The molecule has 180 valence electrons. The summed E-state index contributed by atoms with van der Waals surface area (Å²) in [6, 6.07) is 7.38. The molecule has 0 aliphatic heterocycles. The number of ether oxygens (including phenoxy) is 1. The molecular weight excluding hydrogens is 482 g/mol. The van der Waals surface area contributed by atoms with Crippen LogP contribution in [0.1, 0.15) is 21.7 Å². The second-order valence-corrected chi connectivity index (χ2v) is 6.91. The highest BCUT2D eigenvalue weighted by Gasteiger charge is 2.41. The first-order valence-electron chi connectivity index (χ1n) is 9.57. The number of methoxy groups -OCH3 is 1. The Balaban J connectivity index is 1.78. The summed E-state index contributed by atoms with van der Waals surface area (Å²) in [7, 11) is 1.35. The van der Waals surface area contributed by atoms with E-state index in [1.165, 1.54) is 31.5 Å². The number of azo groups is 1. The van der Waals surface area contributed by atoms with Gasteiger partial charge in [-0.1, -0.05) is 6.07 Å². The molecule has 0 radical (unpaired) electrons. The van der Waals surface area contributed by atoms with Crippen molar-refractivity contribution in [1.82, 2.24) is 19.7 Å². The topological polar surface area (TPSA) is 94.6 Å². The van der Waals surface area contributed by atoms with Gasteiger partial charge in [0.15, 0.2) is 5.69 Å². The van der Waals surface area contributed by atoms with Gasteiger partial charge in [-0.25, -0.2) is 9.67 Å². The summed E-state index contributed by atoms with van der Waals surface area (Å²) < 4.78 is 86.1. The van der Waals surface area contributed by atoms with Crippen molar-refractivity contribution in [3.8, 4) is 11.6 Å². The fourth-order valence-electron chi connectivity index (χ4n) is 3.27. The third-order valence-electron chi connectivity index (χ3n) is 4.73. The Bertz CT molecular complexity index is 1440. The quantitative estimate of drug-likeness (QED) is 0.265. The number of aromatic nitrogens is 4. The first-order chi connectivity index (χ1) is 16.5. The second-order valence-electron chi connectivity index (χ2n) is 6.91. The minimum absolute atomic E-state index is 0.0181. The third kappa shape index (κ3) is 4.67. The van der Waals surface area contributed by atoms with Crippen LogP contribution in [0.4, 0.5) is 32.0 Å². The van der Waals surface area contributed by atoms with Gasteiger partial charge in [0, 0.05) is 23.2 Å². The van der Waals surface area contributed by atoms with E-state index in [1.54, 1.807) is 6.07 Å². The normalized spacial score (nSPS) is 12.4. The van der Waals surface area contributed by atoms with Gasteiger partial charge in [-0.3, -0.25) is 9.78 Å². The Morgan fingerprint density at radius 2 is 1.71 bits per heavy atom. The van der Waals surface area contributed by atoms with Crippen molar-refractivity contribution in [2.45, 2.75) is 12.4 Å². The van der Waals surface area contributed by atoms with Crippen LogP contribution >= 0.6 is 0 Å². The van der Waals surface area contributed by atoms with Crippen LogP contribution in [0.25, 0.3) is 16.5 Å². The molecule has 4 aromatic rings. The molecule has 1 amide bonds. The number of benzene rings is 1. The summed E-state index contributed by atoms with van der Waals surface area (Å²) in [6.07, 6.45) is -7.04. The molecule has 3 heterocycles. The molecule has 0 N–H and O–H groups in total. The van der Waals surface area contributed by atoms with Gasteiger partial charge in [0.2, 0.25) is 5.88 Å². The maximum absolute atomic E-state index is 14.0. The summed E-state index contributed by atoms with van der Waals surface area (Å²) in [4.78, 5) is 19.6. The number of hydrogen-bond acceptors (Lipinski definition) is 6. The van der Waals surface area contributed by atoms with E-state index in [0.29, 0.717) is 27.7 Å². The Morgan fingerprint density at radius 1 is 0.971 bits per heavy atom. The Labute approximate surface area is 191 Å². The average Bonchev–Trinajstić information content (AvgIpc) is 3.27. The van der Waals surface area contributed by atoms with E-state index in [0.717, 1.165) is 12.3 Å². The Morgan fingerprint density at radius 3 is 2.40 bits per heavy atom. The average molecular weight is 494 g/mol. The molecule has 4 rings (SSSR count). The molecule has 0 aliphatic rings. The molecule has 0 fully saturated rings. The van der Waals surface area contributed by atoms with E-state index in [-0.39, 0.29) is 11.6 Å². The van der Waals surface area contributed by atoms with Crippen molar-refractivity contribution in [3.63, 3.8) is 0 Å². The predicted octanol–water partition coefficient (Wildman–Crippen LogP) is 5.79. The first kappa shape index (κ1) is 23.8. The summed E-state index contributed by atoms with van der Waals surface area (Å²) in [5.41, 5.74) is -4.11. The van der Waals surface area contributed by atoms with Gasteiger partial charge in [-0.05, 0) is 30.3 Å². The molecule has 14 heteroatoms. The first-order valence-corrected chi connectivity index (χ1v) is 9.57. The monoisotopic (exact) mass is 494 g/mol. The number of pyridine rings is 2. The maximum atomic E-state index is 14.0. The van der Waals surface area contributed by atoms with Gasteiger partial charge in [0.25, 0.3) is 5.91 Å². The highest BCUT2D eigenvalue weighted by Crippen LogP contribution is 2.37. The van der Waals surface area contributed by atoms with Crippen LogP contribution in [-0.4, -0.2) is 32.8 Å². The molecule has 1 aromatic carbocycles. The molecule has 0 atom stereocenters. The second kappa shape index (κ2) is 8.77. The molecule has 0 unspecified atom stereocenters. The fraction of sp³-hybridized carbons (Fsp3) is 0.143. The third-order valence-corrected chi connectivity index (χ3v) is 4.73. The molecule has 0 saturated heterocycles. The zero-order chi connectivity index (χ0) is 25.4. The lowest BCUT2D eigenvalue weighted by Gasteiger charge is -2.14. The zero-order valence-electron chi connectivity index (χ0n) is 17.5. The lowest BCUT2D eigenvalue weighted by Crippen LogP contribution is -2.17. The summed E-state index contributed by atoms with van der Waals surface area (Å²) >= 11 is 0. The zero-order valence-corrected chi connectivity index (χ0v) is 17.5. The van der Waals surface area contributed by atoms with Crippen molar-refractivity contribution in [2.75, 3.05) is 7.11 Å². The Kier molecular flexibility index (Phi) is 5.96. The maximum Gasteiger partial charge on any atom is 0.434 e. The number of amides is 1. The van der Waals surface area contributed by atoms with Gasteiger partial charge in [-0.2, -0.15) is 31.4 Å². The number of carbonyl (C=O) groups excluding carboxylic acids is 1. The van der Waals surface area contributed by atoms with E-state index in [2.05, 4.69) is 25.3 Å². The number of hydrogen-bond donors (Lipinski definition) is 0. The summed E-state index contributed by atoms with van der Waals surface area (Å²) in [5, 5.41) is 11.0. The van der Waals surface area contributed by atoms with Crippen LogP contribution < -0.4 is 4.74 Å². The van der Waals surface area contributed by atoms with E-state index in [9.17, 15) is 31.1 Å². The van der Waals surface area contributed by atoms with Crippen LogP contribution in [-0.2, 0) is 12.4 Å². The lowest BCUT2D eigenvalue weighted by molar-refractivity contribution is -0.143. The van der Waals surface area contributed by atoms with Crippen LogP contribution in [0.15, 0.2) is 65.2 Å². The van der Waals surface area contributed by atoms with E-state index in [1.807, 2.05) is 0 Å². The SMILES string of the molecule is COc1nccc2c(-n3ncc(C(=O)/N=N/c4ccnc(C(F)(F)F)c4)c3C(F)(F)F)cccc12. The van der Waals surface area contributed by atoms with Gasteiger partial charge in [-0.15, -0.1) is 10.2 Å². The summed E-state index contributed by atoms with van der Waals surface area (Å²) in [6.45, 7) is 0. The number of nitrogens with zero attached hydrogens (tertiary/aromatic N) is 6. The minimum atomic E-state index is -5.05. The van der Waals surface area contributed by atoms with Gasteiger partial charge < -0.3 is 4.74 Å². The van der Waals surface area contributed by atoms with Gasteiger partial charge >= 0.3 is 12.4 Å².